The van der Waals surface area contributed by atoms with E-state index in [1.54, 1.807) is 24.5 Å². The van der Waals surface area contributed by atoms with Crippen LogP contribution in [0.5, 0.6) is 5.75 Å². The van der Waals surface area contributed by atoms with E-state index >= 15 is 0 Å². The average Bonchev–Trinajstić information content (AvgIpc) is 2.46. The standard InChI is InChI=1S/C18H19FN2O2/c1-18(2)10-15(14-6-5-13(19)9-16(14)23-18)21-17(22)8-12-4-3-7-20-11-12/h3-7,9,11,15H,8,10H2,1-2H3,(H,21,22). The molecule has 0 saturated carbocycles. The number of rotatable bonds is 3. The second-order valence-corrected chi connectivity index (χ2v) is 6.41. The highest BCUT2D eigenvalue weighted by Crippen LogP contribution is 2.39. The Balaban J connectivity index is 1.78. The molecule has 4 nitrogen and oxygen atoms in total. The highest BCUT2D eigenvalue weighted by atomic mass is 19.1. The summed E-state index contributed by atoms with van der Waals surface area (Å²) in [5, 5.41) is 3.03. The molecule has 0 bridgehead atoms. The Morgan fingerprint density at radius 3 is 3.00 bits per heavy atom. The molecular formula is C18H19FN2O2. The molecule has 0 saturated heterocycles. The minimum Gasteiger partial charge on any atom is -0.487 e. The Morgan fingerprint density at radius 1 is 1.43 bits per heavy atom. The molecule has 1 aliphatic rings. The lowest BCUT2D eigenvalue weighted by atomic mass is 9.89. The molecule has 120 valence electrons. The van der Waals surface area contributed by atoms with Gasteiger partial charge in [-0.1, -0.05) is 12.1 Å². The van der Waals surface area contributed by atoms with Crippen molar-refractivity contribution >= 4 is 5.91 Å². The second kappa shape index (κ2) is 5.99. The van der Waals surface area contributed by atoms with Crippen LogP contribution < -0.4 is 10.1 Å². The van der Waals surface area contributed by atoms with Crippen LogP contribution in [0.25, 0.3) is 0 Å². The summed E-state index contributed by atoms with van der Waals surface area (Å²) in [5.74, 6) is 0.0609. The molecule has 2 heterocycles. The minimum absolute atomic E-state index is 0.0871. The van der Waals surface area contributed by atoms with Gasteiger partial charge >= 0.3 is 0 Å². The van der Waals surface area contributed by atoms with Gasteiger partial charge in [-0.25, -0.2) is 4.39 Å². The molecule has 0 radical (unpaired) electrons. The molecule has 23 heavy (non-hydrogen) atoms. The number of benzene rings is 1. The lowest BCUT2D eigenvalue weighted by Crippen LogP contribution is -2.41. The molecule has 1 aromatic carbocycles. The molecule has 1 amide bonds. The maximum Gasteiger partial charge on any atom is 0.224 e. The Bertz CT molecular complexity index is 716. The van der Waals surface area contributed by atoms with Crippen molar-refractivity contribution in [1.29, 1.82) is 0 Å². The van der Waals surface area contributed by atoms with Crippen molar-refractivity contribution in [3.05, 3.63) is 59.7 Å². The van der Waals surface area contributed by atoms with Gasteiger partial charge in [0.05, 0.1) is 12.5 Å². The summed E-state index contributed by atoms with van der Waals surface area (Å²) in [6.45, 7) is 3.86. The van der Waals surface area contributed by atoms with Gasteiger partial charge in [0, 0.05) is 30.4 Å². The van der Waals surface area contributed by atoms with Gasteiger partial charge in [0.2, 0.25) is 5.91 Å². The van der Waals surface area contributed by atoms with Gasteiger partial charge < -0.3 is 10.1 Å². The topological polar surface area (TPSA) is 51.2 Å². The summed E-state index contributed by atoms with van der Waals surface area (Å²) >= 11 is 0. The second-order valence-electron chi connectivity index (χ2n) is 6.41. The lowest BCUT2D eigenvalue weighted by molar-refractivity contribution is -0.121. The third kappa shape index (κ3) is 3.67. The number of fused-ring (bicyclic) bond motifs is 1. The number of hydrogen-bond donors (Lipinski definition) is 1. The number of nitrogens with one attached hydrogen (secondary N) is 1. The Kier molecular flexibility index (Phi) is 4.03. The molecule has 2 aromatic rings. The zero-order valence-corrected chi connectivity index (χ0v) is 13.2. The van der Waals surface area contributed by atoms with E-state index in [2.05, 4.69) is 10.3 Å². The van der Waals surface area contributed by atoms with Crippen LogP contribution in [-0.4, -0.2) is 16.5 Å². The van der Waals surface area contributed by atoms with Crippen LogP contribution >= 0.6 is 0 Å². The van der Waals surface area contributed by atoms with E-state index in [0.29, 0.717) is 12.2 Å². The number of aromatic nitrogens is 1. The quantitative estimate of drug-likeness (QED) is 0.946. The zero-order chi connectivity index (χ0) is 16.4. The minimum atomic E-state index is -0.465. The smallest absolute Gasteiger partial charge is 0.224 e. The molecule has 0 spiro atoms. The van der Waals surface area contributed by atoms with Gasteiger partial charge in [-0.05, 0) is 31.5 Å². The highest BCUT2D eigenvalue weighted by molar-refractivity contribution is 5.79. The fourth-order valence-corrected chi connectivity index (χ4v) is 2.89. The first kappa shape index (κ1) is 15.5. The Labute approximate surface area is 134 Å². The van der Waals surface area contributed by atoms with E-state index in [0.717, 1.165) is 11.1 Å². The number of pyridine rings is 1. The van der Waals surface area contributed by atoms with E-state index < -0.39 is 5.60 Å². The van der Waals surface area contributed by atoms with Gasteiger partial charge in [0.15, 0.2) is 0 Å². The first-order valence-corrected chi connectivity index (χ1v) is 7.60. The van der Waals surface area contributed by atoms with E-state index in [1.807, 2.05) is 19.9 Å². The van der Waals surface area contributed by atoms with Gasteiger partial charge in [-0.15, -0.1) is 0 Å². The number of halogens is 1. The Morgan fingerprint density at radius 2 is 2.26 bits per heavy atom. The number of amides is 1. The fourth-order valence-electron chi connectivity index (χ4n) is 2.89. The van der Waals surface area contributed by atoms with Crippen molar-refractivity contribution in [3.8, 4) is 5.75 Å². The number of ether oxygens (including phenoxy) is 1. The van der Waals surface area contributed by atoms with Gasteiger partial charge in [-0.2, -0.15) is 0 Å². The van der Waals surface area contributed by atoms with Crippen LogP contribution in [0.2, 0.25) is 0 Å². The molecule has 1 unspecified atom stereocenters. The van der Waals surface area contributed by atoms with Crippen LogP contribution in [-0.2, 0) is 11.2 Å². The molecular weight excluding hydrogens is 295 g/mol. The molecule has 3 rings (SSSR count). The maximum absolute atomic E-state index is 13.4. The van der Waals surface area contributed by atoms with Crippen molar-refractivity contribution in [2.75, 3.05) is 0 Å². The van der Waals surface area contributed by atoms with E-state index in [-0.39, 0.29) is 24.2 Å². The molecule has 1 aromatic heterocycles. The van der Waals surface area contributed by atoms with Crippen LogP contribution in [0.4, 0.5) is 4.39 Å². The normalized spacial score (nSPS) is 18.7. The zero-order valence-electron chi connectivity index (χ0n) is 13.2. The van der Waals surface area contributed by atoms with E-state index in [1.165, 1.54) is 12.1 Å². The van der Waals surface area contributed by atoms with Gasteiger partial charge in [0.1, 0.15) is 17.2 Å². The van der Waals surface area contributed by atoms with Crippen molar-refractivity contribution in [2.45, 2.75) is 38.3 Å². The maximum atomic E-state index is 13.4. The van der Waals surface area contributed by atoms with E-state index in [9.17, 15) is 9.18 Å². The van der Waals surface area contributed by atoms with Gasteiger partial charge in [-0.3, -0.25) is 9.78 Å². The lowest BCUT2D eigenvalue weighted by Gasteiger charge is -2.37. The highest BCUT2D eigenvalue weighted by Gasteiger charge is 2.34. The largest absolute Gasteiger partial charge is 0.487 e. The van der Waals surface area contributed by atoms with Crippen molar-refractivity contribution < 1.29 is 13.9 Å². The molecule has 1 atom stereocenters. The average molecular weight is 314 g/mol. The number of carbonyl (C=O) groups excluding carboxylic acids is 1. The summed E-state index contributed by atoms with van der Waals surface area (Å²) < 4.78 is 19.3. The SMILES string of the molecule is CC1(C)CC(NC(=O)Cc2cccnc2)c2ccc(F)cc2O1. The summed E-state index contributed by atoms with van der Waals surface area (Å²) in [4.78, 5) is 16.3. The van der Waals surface area contributed by atoms with Crippen molar-refractivity contribution in [3.63, 3.8) is 0 Å². The monoisotopic (exact) mass is 314 g/mol. The third-order valence-corrected chi connectivity index (χ3v) is 3.86. The van der Waals surface area contributed by atoms with Gasteiger partial charge in [0.25, 0.3) is 0 Å². The molecule has 1 aliphatic heterocycles. The van der Waals surface area contributed by atoms with Crippen molar-refractivity contribution in [2.24, 2.45) is 0 Å². The molecule has 0 aliphatic carbocycles. The van der Waals surface area contributed by atoms with Crippen molar-refractivity contribution in [1.82, 2.24) is 10.3 Å². The van der Waals surface area contributed by atoms with Crippen LogP contribution in [0.3, 0.4) is 0 Å². The first-order chi connectivity index (χ1) is 10.9. The fraction of sp³-hybridized carbons (Fsp3) is 0.333. The molecule has 0 fully saturated rings. The summed E-state index contributed by atoms with van der Waals surface area (Å²) in [7, 11) is 0. The predicted molar refractivity (Wildman–Crippen MR) is 84.5 cm³/mol. The predicted octanol–water partition coefficient (Wildman–Crippen LogP) is 3.18. The van der Waals surface area contributed by atoms with Crippen LogP contribution in [0, 0.1) is 5.82 Å². The van der Waals surface area contributed by atoms with Crippen LogP contribution in [0.1, 0.15) is 37.4 Å². The van der Waals surface area contributed by atoms with Crippen LogP contribution in [0.15, 0.2) is 42.7 Å². The summed E-state index contributed by atoms with van der Waals surface area (Å²) in [6.07, 6.45) is 4.25. The molecule has 5 heteroatoms. The number of hydrogen-bond acceptors (Lipinski definition) is 3. The number of nitrogens with zero attached hydrogens (tertiary/aromatic N) is 1. The first-order valence-electron chi connectivity index (χ1n) is 7.60. The third-order valence-electron chi connectivity index (χ3n) is 3.86. The molecule has 1 N–H and O–H groups in total. The number of carbonyl (C=O) groups is 1. The summed E-state index contributed by atoms with van der Waals surface area (Å²) in [5.41, 5.74) is 1.20. The van der Waals surface area contributed by atoms with E-state index in [4.69, 9.17) is 4.74 Å². The Hall–Kier alpha value is -2.43. The summed E-state index contributed by atoms with van der Waals surface area (Å²) in [6, 6.07) is 7.91.